The minimum absolute atomic E-state index is 0.273. The van der Waals surface area contributed by atoms with Gasteiger partial charge in [-0.15, -0.1) is 16.7 Å². The highest BCUT2D eigenvalue weighted by Crippen LogP contribution is 2.18. The van der Waals surface area contributed by atoms with Gasteiger partial charge in [-0.05, 0) is 19.8 Å². The van der Waals surface area contributed by atoms with Gasteiger partial charge in [0.2, 0.25) is 5.89 Å². The summed E-state index contributed by atoms with van der Waals surface area (Å²) in [5.41, 5.74) is 0. The first kappa shape index (κ1) is 13.3. The van der Waals surface area contributed by atoms with Crippen LogP contribution in [0.4, 0.5) is 6.01 Å². The lowest BCUT2D eigenvalue weighted by molar-refractivity contribution is 0.469. The molecule has 1 aromatic rings. The summed E-state index contributed by atoms with van der Waals surface area (Å²) in [6.07, 6.45) is 3.34. The Bertz CT molecular complexity index is 303. The summed E-state index contributed by atoms with van der Waals surface area (Å²) in [4.78, 5) is 2.16. The molecule has 0 aliphatic carbocycles. The van der Waals surface area contributed by atoms with Crippen molar-refractivity contribution in [1.29, 1.82) is 0 Å². The minimum Gasteiger partial charge on any atom is -0.407 e. The van der Waals surface area contributed by atoms with Gasteiger partial charge in [-0.2, -0.15) is 0 Å². The van der Waals surface area contributed by atoms with E-state index in [0.29, 0.717) is 17.9 Å². The van der Waals surface area contributed by atoms with Crippen molar-refractivity contribution in [3.63, 3.8) is 0 Å². The highest BCUT2D eigenvalue weighted by molar-refractivity contribution is 6.16. The van der Waals surface area contributed by atoms with E-state index in [1.54, 1.807) is 0 Å². The van der Waals surface area contributed by atoms with Gasteiger partial charge in [0, 0.05) is 12.6 Å². The molecule has 0 radical (unpaired) electrons. The standard InChI is InChI=1S/C11H20ClN3O/c1-4-6-7-15(9(3)5-2)11-14-13-10(8-12)16-11/h9H,4-8H2,1-3H3. The molecule has 0 spiro atoms. The van der Waals surface area contributed by atoms with Crippen molar-refractivity contribution < 1.29 is 4.42 Å². The fraction of sp³-hybridized carbons (Fsp3) is 0.818. The molecule has 0 aromatic carbocycles. The number of alkyl halides is 1. The average molecular weight is 246 g/mol. The van der Waals surface area contributed by atoms with E-state index in [2.05, 4.69) is 35.9 Å². The van der Waals surface area contributed by atoms with Crippen LogP contribution < -0.4 is 4.90 Å². The molecule has 16 heavy (non-hydrogen) atoms. The van der Waals surface area contributed by atoms with Crippen LogP contribution in [-0.4, -0.2) is 22.8 Å². The Kier molecular flexibility index (Phi) is 5.60. The number of anilines is 1. The highest BCUT2D eigenvalue weighted by Gasteiger charge is 2.18. The van der Waals surface area contributed by atoms with E-state index in [9.17, 15) is 0 Å². The van der Waals surface area contributed by atoms with Gasteiger partial charge in [-0.3, -0.25) is 0 Å². The molecule has 1 atom stereocenters. The van der Waals surface area contributed by atoms with Crippen LogP contribution in [0.5, 0.6) is 0 Å². The van der Waals surface area contributed by atoms with E-state index in [1.807, 2.05) is 0 Å². The van der Waals surface area contributed by atoms with Crippen molar-refractivity contribution in [1.82, 2.24) is 10.2 Å². The Labute approximate surface area is 102 Å². The predicted octanol–water partition coefficient (Wildman–Crippen LogP) is 3.21. The van der Waals surface area contributed by atoms with Crippen molar-refractivity contribution in [2.75, 3.05) is 11.4 Å². The maximum Gasteiger partial charge on any atom is 0.318 e. The smallest absolute Gasteiger partial charge is 0.318 e. The molecular weight excluding hydrogens is 226 g/mol. The van der Waals surface area contributed by atoms with Gasteiger partial charge in [0.25, 0.3) is 0 Å². The number of nitrogens with zero attached hydrogens (tertiary/aromatic N) is 3. The molecule has 1 heterocycles. The summed E-state index contributed by atoms with van der Waals surface area (Å²) in [7, 11) is 0. The topological polar surface area (TPSA) is 42.2 Å². The lowest BCUT2D eigenvalue weighted by Crippen LogP contribution is -2.33. The van der Waals surface area contributed by atoms with Crippen LogP contribution in [0.1, 0.15) is 45.9 Å². The normalized spacial score (nSPS) is 12.8. The third-order valence-electron chi connectivity index (χ3n) is 2.69. The Balaban J connectivity index is 2.74. The lowest BCUT2D eigenvalue weighted by atomic mass is 10.2. The Morgan fingerprint density at radius 2 is 2.12 bits per heavy atom. The van der Waals surface area contributed by atoms with Crippen LogP contribution in [0.25, 0.3) is 0 Å². The lowest BCUT2D eigenvalue weighted by Gasteiger charge is -2.26. The molecule has 0 saturated carbocycles. The van der Waals surface area contributed by atoms with E-state index in [0.717, 1.165) is 25.8 Å². The van der Waals surface area contributed by atoms with Gasteiger partial charge < -0.3 is 9.32 Å². The van der Waals surface area contributed by atoms with Gasteiger partial charge in [-0.1, -0.05) is 25.4 Å². The second kappa shape index (κ2) is 6.74. The molecular formula is C11H20ClN3O. The summed E-state index contributed by atoms with van der Waals surface area (Å²) in [5.74, 6) is 0.760. The Morgan fingerprint density at radius 3 is 2.62 bits per heavy atom. The minimum atomic E-state index is 0.273. The number of hydrogen-bond donors (Lipinski definition) is 0. The second-order valence-corrected chi connectivity index (χ2v) is 4.18. The van der Waals surface area contributed by atoms with E-state index in [4.69, 9.17) is 16.0 Å². The molecule has 0 bridgehead atoms. The third kappa shape index (κ3) is 3.37. The number of rotatable bonds is 7. The van der Waals surface area contributed by atoms with E-state index in [-0.39, 0.29) is 5.88 Å². The zero-order chi connectivity index (χ0) is 12.0. The molecule has 0 aliphatic rings. The maximum absolute atomic E-state index is 5.65. The number of hydrogen-bond acceptors (Lipinski definition) is 4. The van der Waals surface area contributed by atoms with E-state index < -0.39 is 0 Å². The summed E-state index contributed by atoms with van der Waals surface area (Å²) >= 11 is 5.65. The van der Waals surface area contributed by atoms with Gasteiger partial charge in [-0.25, -0.2) is 0 Å². The maximum atomic E-state index is 5.65. The van der Waals surface area contributed by atoms with Crippen LogP contribution in [0.15, 0.2) is 4.42 Å². The predicted molar refractivity (Wildman–Crippen MR) is 65.9 cm³/mol. The first-order valence-electron chi connectivity index (χ1n) is 5.87. The SMILES string of the molecule is CCCCN(c1nnc(CCl)o1)C(C)CC. The first-order valence-corrected chi connectivity index (χ1v) is 6.41. The van der Waals surface area contributed by atoms with Gasteiger partial charge in [0.1, 0.15) is 5.88 Å². The number of unbranched alkanes of at least 4 members (excludes halogenated alkanes) is 1. The van der Waals surface area contributed by atoms with Crippen LogP contribution in [-0.2, 0) is 5.88 Å². The van der Waals surface area contributed by atoms with Crippen molar-refractivity contribution in [3.8, 4) is 0 Å². The molecule has 92 valence electrons. The van der Waals surface area contributed by atoms with E-state index in [1.165, 1.54) is 0 Å². The van der Waals surface area contributed by atoms with Crippen LogP contribution >= 0.6 is 11.6 Å². The van der Waals surface area contributed by atoms with Crippen molar-refractivity contribution >= 4 is 17.6 Å². The average Bonchev–Trinajstić information content (AvgIpc) is 2.77. The molecule has 1 aromatic heterocycles. The van der Waals surface area contributed by atoms with Crippen LogP contribution in [0, 0.1) is 0 Å². The molecule has 0 amide bonds. The van der Waals surface area contributed by atoms with Crippen LogP contribution in [0.3, 0.4) is 0 Å². The highest BCUT2D eigenvalue weighted by atomic mass is 35.5. The molecule has 4 nitrogen and oxygen atoms in total. The van der Waals surface area contributed by atoms with Crippen molar-refractivity contribution in [2.24, 2.45) is 0 Å². The van der Waals surface area contributed by atoms with E-state index >= 15 is 0 Å². The third-order valence-corrected chi connectivity index (χ3v) is 2.92. The molecule has 1 rings (SSSR count). The Hall–Kier alpha value is -0.770. The molecule has 0 saturated heterocycles. The van der Waals surface area contributed by atoms with Crippen molar-refractivity contribution in [2.45, 2.75) is 52.0 Å². The summed E-state index contributed by atoms with van der Waals surface area (Å²) in [6.45, 7) is 7.45. The zero-order valence-corrected chi connectivity index (χ0v) is 11.0. The fourth-order valence-electron chi connectivity index (χ4n) is 1.47. The summed E-state index contributed by atoms with van der Waals surface area (Å²) in [6, 6.07) is 1.01. The zero-order valence-electron chi connectivity index (χ0n) is 10.2. The molecule has 1 unspecified atom stereocenters. The quantitative estimate of drug-likeness (QED) is 0.692. The Morgan fingerprint density at radius 1 is 1.38 bits per heavy atom. The molecule has 0 N–H and O–H groups in total. The largest absolute Gasteiger partial charge is 0.407 e. The van der Waals surface area contributed by atoms with Gasteiger partial charge in [0.05, 0.1) is 0 Å². The van der Waals surface area contributed by atoms with Crippen LogP contribution in [0.2, 0.25) is 0 Å². The molecule has 0 aliphatic heterocycles. The summed E-state index contributed by atoms with van der Waals surface area (Å²) < 4.78 is 5.49. The second-order valence-electron chi connectivity index (χ2n) is 3.92. The molecule has 5 heteroatoms. The van der Waals surface area contributed by atoms with Crippen molar-refractivity contribution in [3.05, 3.63) is 5.89 Å². The monoisotopic (exact) mass is 245 g/mol. The fourth-order valence-corrected chi connectivity index (χ4v) is 1.58. The number of halogens is 1. The first-order chi connectivity index (χ1) is 7.72. The van der Waals surface area contributed by atoms with Gasteiger partial charge >= 0.3 is 6.01 Å². The summed E-state index contributed by atoms with van der Waals surface area (Å²) in [5, 5.41) is 7.92. The number of aromatic nitrogens is 2. The van der Waals surface area contributed by atoms with Gasteiger partial charge in [0.15, 0.2) is 0 Å². The molecule has 0 fully saturated rings.